The Morgan fingerprint density at radius 2 is 1.97 bits per heavy atom. The summed E-state index contributed by atoms with van der Waals surface area (Å²) in [4.78, 5) is 30.2. The molecule has 0 fully saturated rings. The van der Waals surface area contributed by atoms with Gasteiger partial charge in [-0.25, -0.2) is 4.98 Å². The van der Waals surface area contributed by atoms with Gasteiger partial charge in [0, 0.05) is 24.8 Å². The van der Waals surface area contributed by atoms with Crippen molar-refractivity contribution < 1.29 is 14.3 Å². The number of thiazole rings is 1. The molecule has 156 valence electrons. The third-order valence-electron chi connectivity index (χ3n) is 5.06. The summed E-state index contributed by atoms with van der Waals surface area (Å²) in [6.07, 6.45) is 6.76. The van der Waals surface area contributed by atoms with Gasteiger partial charge in [0.25, 0.3) is 0 Å². The van der Waals surface area contributed by atoms with Crippen LogP contribution in [0.1, 0.15) is 59.8 Å². The highest BCUT2D eigenvalue weighted by molar-refractivity contribution is 7.11. The zero-order valence-corrected chi connectivity index (χ0v) is 17.9. The van der Waals surface area contributed by atoms with Crippen molar-refractivity contribution in [3.8, 4) is 5.75 Å². The van der Waals surface area contributed by atoms with Crippen LogP contribution in [0, 0.1) is 0 Å². The number of hydrogen-bond donors (Lipinski definition) is 2. The number of carbonyl (C=O) groups is 2. The summed E-state index contributed by atoms with van der Waals surface area (Å²) in [5.74, 6) is 0.507. The number of aryl methyl sites for hydroxylation is 3. The van der Waals surface area contributed by atoms with Gasteiger partial charge in [-0.1, -0.05) is 12.1 Å². The molecule has 1 unspecified atom stereocenters. The Morgan fingerprint density at radius 1 is 1.21 bits per heavy atom. The monoisotopic (exact) mass is 415 g/mol. The number of amides is 2. The van der Waals surface area contributed by atoms with E-state index in [0.29, 0.717) is 6.54 Å². The van der Waals surface area contributed by atoms with Crippen LogP contribution in [0.15, 0.2) is 24.3 Å². The van der Waals surface area contributed by atoms with E-state index in [4.69, 9.17) is 9.72 Å². The predicted molar refractivity (Wildman–Crippen MR) is 114 cm³/mol. The fourth-order valence-corrected chi connectivity index (χ4v) is 4.77. The topological polar surface area (TPSA) is 80.3 Å². The van der Waals surface area contributed by atoms with Crippen LogP contribution < -0.4 is 15.4 Å². The largest absolute Gasteiger partial charge is 0.497 e. The molecule has 6 nitrogen and oxygen atoms in total. The Hall–Kier alpha value is -2.41. The second-order valence-corrected chi connectivity index (χ2v) is 8.54. The summed E-state index contributed by atoms with van der Waals surface area (Å²) < 4.78 is 5.17. The molecule has 2 aromatic rings. The third-order valence-corrected chi connectivity index (χ3v) is 6.28. The van der Waals surface area contributed by atoms with Gasteiger partial charge >= 0.3 is 0 Å². The Kier molecular flexibility index (Phi) is 7.63. The SMILES string of the molecule is COc1ccc(C(CC(=O)NCCCc2nc3c(s2)CCCC3)NC(C)=O)cc1. The van der Waals surface area contributed by atoms with Crippen LogP contribution in [0.2, 0.25) is 0 Å². The van der Waals surface area contributed by atoms with E-state index in [0.717, 1.165) is 30.6 Å². The molecule has 1 aromatic carbocycles. The summed E-state index contributed by atoms with van der Waals surface area (Å²) >= 11 is 1.83. The van der Waals surface area contributed by atoms with Gasteiger partial charge in [0.05, 0.1) is 30.3 Å². The molecule has 0 bridgehead atoms. The fourth-order valence-electron chi connectivity index (χ4n) is 3.57. The highest BCUT2D eigenvalue weighted by Crippen LogP contribution is 2.27. The maximum absolute atomic E-state index is 12.4. The second kappa shape index (κ2) is 10.4. The number of methoxy groups -OCH3 is 1. The highest BCUT2D eigenvalue weighted by Gasteiger charge is 2.18. The number of fused-ring (bicyclic) bond motifs is 1. The summed E-state index contributed by atoms with van der Waals surface area (Å²) in [6, 6.07) is 7.04. The van der Waals surface area contributed by atoms with E-state index in [1.165, 1.54) is 41.8 Å². The van der Waals surface area contributed by atoms with E-state index in [9.17, 15) is 9.59 Å². The first-order valence-corrected chi connectivity index (χ1v) is 11.0. The number of rotatable bonds is 9. The van der Waals surface area contributed by atoms with Crippen molar-refractivity contribution in [3.05, 3.63) is 45.4 Å². The van der Waals surface area contributed by atoms with Crippen molar-refractivity contribution in [2.45, 2.75) is 57.9 Å². The smallest absolute Gasteiger partial charge is 0.222 e. The van der Waals surface area contributed by atoms with E-state index in [1.54, 1.807) is 7.11 Å². The van der Waals surface area contributed by atoms with Crippen molar-refractivity contribution in [2.75, 3.05) is 13.7 Å². The van der Waals surface area contributed by atoms with Crippen LogP contribution in [-0.2, 0) is 28.9 Å². The first-order chi connectivity index (χ1) is 14.0. The molecule has 29 heavy (non-hydrogen) atoms. The van der Waals surface area contributed by atoms with Gasteiger partial charge in [-0.2, -0.15) is 0 Å². The summed E-state index contributed by atoms with van der Waals surface area (Å²) in [7, 11) is 1.61. The fraction of sp³-hybridized carbons (Fsp3) is 0.500. The van der Waals surface area contributed by atoms with E-state index in [-0.39, 0.29) is 24.3 Å². The molecule has 7 heteroatoms. The van der Waals surface area contributed by atoms with Crippen molar-refractivity contribution in [1.29, 1.82) is 0 Å². The van der Waals surface area contributed by atoms with E-state index < -0.39 is 0 Å². The number of hydrogen-bond acceptors (Lipinski definition) is 5. The summed E-state index contributed by atoms with van der Waals surface area (Å²) in [6.45, 7) is 2.07. The van der Waals surface area contributed by atoms with Gasteiger partial charge in [-0.15, -0.1) is 11.3 Å². The molecule has 1 aliphatic rings. The van der Waals surface area contributed by atoms with E-state index in [2.05, 4.69) is 10.6 Å². The zero-order chi connectivity index (χ0) is 20.6. The van der Waals surface area contributed by atoms with Crippen LogP contribution in [-0.4, -0.2) is 30.5 Å². The lowest BCUT2D eigenvalue weighted by atomic mass is 10.0. The van der Waals surface area contributed by atoms with Crippen molar-refractivity contribution in [3.63, 3.8) is 0 Å². The lowest BCUT2D eigenvalue weighted by Crippen LogP contribution is -2.33. The van der Waals surface area contributed by atoms with Gasteiger partial charge in [0.15, 0.2) is 0 Å². The minimum Gasteiger partial charge on any atom is -0.497 e. The molecule has 1 aliphatic carbocycles. The number of nitrogens with zero attached hydrogens (tertiary/aromatic N) is 1. The molecular weight excluding hydrogens is 386 g/mol. The quantitative estimate of drug-likeness (QED) is 0.616. The molecule has 1 aromatic heterocycles. The Balaban J connectivity index is 1.46. The molecule has 0 saturated carbocycles. The Morgan fingerprint density at radius 3 is 2.66 bits per heavy atom. The first kappa shape index (κ1) is 21.3. The van der Waals surface area contributed by atoms with Crippen molar-refractivity contribution >= 4 is 23.2 Å². The van der Waals surface area contributed by atoms with E-state index in [1.807, 2.05) is 35.6 Å². The molecule has 2 N–H and O–H groups in total. The highest BCUT2D eigenvalue weighted by atomic mass is 32.1. The summed E-state index contributed by atoms with van der Waals surface area (Å²) in [5, 5.41) is 7.01. The number of aromatic nitrogens is 1. The lowest BCUT2D eigenvalue weighted by Gasteiger charge is -2.18. The zero-order valence-electron chi connectivity index (χ0n) is 17.1. The maximum atomic E-state index is 12.4. The number of ether oxygens (including phenoxy) is 1. The number of carbonyl (C=O) groups excluding carboxylic acids is 2. The van der Waals surface area contributed by atoms with Crippen LogP contribution in [0.3, 0.4) is 0 Å². The van der Waals surface area contributed by atoms with Crippen LogP contribution in [0.4, 0.5) is 0 Å². The van der Waals surface area contributed by atoms with Gasteiger partial charge in [0.1, 0.15) is 5.75 Å². The molecule has 2 amide bonds. The average molecular weight is 416 g/mol. The van der Waals surface area contributed by atoms with Crippen LogP contribution >= 0.6 is 11.3 Å². The van der Waals surface area contributed by atoms with Crippen molar-refractivity contribution in [1.82, 2.24) is 15.6 Å². The lowest BCUT2D eigenvalue weighted by molar-refractivity contribution is -0.122. The Labute approximate surface area is 176 Å². The van der Waals surface area contributed by atoms with Gasteiger partial charge in [-0.05, 0) is 49.8 Å². The predicted octanol–water partition coefficient (Wildman–Crippen LogP) is 3.35. The molecule has 1 heterocycles. The average Bonchev–Trinajstić information content (AvgIpc) is 3.13. The van der Waals surface area contributed by atoms with Crippen LogP contribution in [0.5, 0.6) is 5.75 Å². The number of nitrogens with one attached hydrogen (secondary N) is 2. The minimum absolute atomic E-state index is 0.0713. The minimum atomic E-state index is -0.357. The molecule has 3 rings (SSSR count). The molecule has 0 radical (unpaired) electrons. The molecular formula is C22H29N3O3S. The third kappa shape index (κ3) is 6.29. The molecule has 0 saturated heterocycles. The van der Waals surface area contributed by atoms with Crippen LogP contribution in [0.25, 0.3) is 0 Å². The normalized spacial score (nSPS) is 14.0. The molecule has 0 spiro atoms. The standard InChI is InChI=1S/C22H29N3O3S/c1-15(26)24-19(16-9-11-17(28-2)12-10-16)14-21(27)23-13-5-8-22-25-18-6-3-4-7-20(18)29-22/h9-12,19H,3-8,13-14H2,1-2H3,(H,23,27)(H,24,26). The first-order valence-electron chi connectivity index (χ1n) is 10.2. The molecule has 0 aliphatic heterocycles. The van der Waals surface area contributed by atoms with Gasteiger partial charge in [-0.3, -0.25) is 9.59 Å². The molecule has 1 atom stereocenters. The number of benzene rings is 1. The van der Waals surface area contributed by atoms with Gasteiger partial charge in [0.2, 0.25) is 11.8 Å². The van der Waals surface area contributed by atoms with Crippen molar-refractivity contribution in [2.24, 2.45) is 0 Å². The van der Waals surface area contributed by atoms with E-state index >= 15 is 0 Å². The summed E-state index contributed by atoms with van der Waals surface area (Å²) in [5.41, 5.74) is 2.17. The maximum Gasteiger partial charge on any atom is 0.222 e. The second-order valence-electron chi connectivity index (χ2n) is 7.37. The Bertz CT molecular complexity index is 809. The van der Waals surface area contributed by atoms with Gasteiger partial charge < -0.3 is 15.4 Å².